The third-order valence-electron chi connectivity index (χ3n) is 4.26. The first kappa shape index (κ1) is 19.4. The van der Waals surface area contributed by atoms with Crippen molar-refractivity contribution in [3.8, 4) is 5.69 Å². The number of nitrogens with one attached hydrogen (secondary N) is 1. The summed E-state index contributed by atoms with van der Waals surface area (Å²) in [5, 5.41) is 16.0. The van der Waals surface area contributed by atoms with E-state index in [1.807, 2.05) is 56.3 Å². The van der Waals surface area contributed by atoms with Gasteiger partial charge in [-0.2, -0.15) is 4.68 Å². The first-order chi connectivity index (χ1) is 13.0. The first-order valence-corrected chi connectivity index (χ1v) is 9.84. The summed E-state index contributed by atoms with van der Waals surface area (Å²) in [5.41, 5.74) is 4.12. The summed E-state index contributed by atoms with van der Waals surface area (Å²) in [4.78, 5) is 12.3. The number of carbonyl (C=O) groups excluding carboxylic acids is 1. The van der Waals surface area contributed by atoms with Crippen LogP contribution in [0.1, 0.15) is 29.7 Å². The predicted molar refractivity (Wildman–Crippen MR) is 107 cm³/mol. The Morgan fingerprint density at radius 2 is 2.00 bits per heavy atom. The number of halogens is 1. The van der Waals surface area contributed by atoms with Gasteiger partial charge in [0.05, 0.1) is 17.5 Å². The average molecular weight is 402 g/mol. The molecule has 27 heavy (non-hydrogen) atoms. The Bertz CT molecular complexity index is 959. The molecule has 1 N–H and O–H groups in total. The van der Waals surface area contributed by atoms with E-state index in [2.05, 4.69) is 27.8 Å². The molecule has 0 fully saturated rings. The number of rotatable bonds is 6. The number of tetrazole rings is 1. The molecule has 3 aromatic rings. The highest BCUT2D eigenvalue weighted by Crippen LogP contribution is 2.23. The number of aromatic nitrogens is 4. The van der Waals surface area contributed by atoms with Crippen molar-refractivity contribution in [2.45, 2.75) is 32.0 Å². The topological polar surface area (TPSA) is 72.7 Å². The highest BCUT2D eigenvalue weighted by atomic mass is 35.5. The minimum absolute atomic E-state index is 0.109. The lowest BCUT2D eigenvalue weighted by atomic mass is 10.1. The molecule has 3 rings (SSSR count). The van der Waals surface area contributed by atoms with E-state index in [4.69, 9.17) is 11.6 Å². The number of hydrogen-bond donors (Lipinski definition) is 1. The first-order valence-electron chi connectivity index (χ1n) is 8.48. The zero-order chi connectivity index (χ0) is 19.4. The molecule has 0 spiro atoms. The normalized spacial score (nSPS) is 12.0. The summed E-state index contributed by atoms with van der Waals surface area (Å²) in [5.74, 6) is 0.0991. The van der Waals surface area contributed by atoms with Gasteiger partial charge in [0.1, 0.15) is 0 Å². The van der Waals surface area contributed by atoms with Crippen molar-refractivity contribution < 1.29 is 4.79 Å². The molecule has 0 bridgehead atoms. The fourth-order valence-electron chi connectivity index (χ4n) is 2.61. The van der Waals surface area contributed by atoms with Crippen molar-refractivity contribution in [1.29, 1.82) is 0 Å². The van der Waals surface area contributed by atoms with E-state index in [1.165, 1.54) is 17.3 Å². The minimum atomic E-state index is -0.178. The van der Waals surface area contributed by atoms with Crippen LogP contribution >= 0.6 is 23.4 Å². The van der Waals surface area contributed by atoms with Gasteiger partial charge in [0, 0.05) is 5.02 Å². The summed E-state index contributed by atoms with van der Waals surface area (Å²) in [6.07, 6.45) is 0. The van der Waals surface area contributed by atoms with Crippen LogP contribution < -0.4 is 5.32 Å². The zero-order valence-electron chi connectivity index (χ0n) is 15.3. The third kappa shape index (κ3) is 4.67. The van der Waals surface area contributed by atoms with Gasteiger partial charge >= 0.3 is 0 Å². The quantitative estimate of drug-likeness (QED) is 0.634. The lowest BCUT2D eigenvalue weighted by Crippen LogP contribution is -2.28. The molecule has 1 atom stereocenters. The van der Waals surface area contributed by atoms with E-state index in [-0.39, 0.29) is 17.7 Å². The summed E-state index contributed by atoms with van der Waals surface area (Å²) >= 11 is 7.48. The molecule has 1 unspecified atom stereocenters. The van der Waals surface area contributed by atoms with Gasteiger partial charge < -0.3 is 5.32 Å². The molecular weight excluding hydrogens is 382 g/mol. The maximum absolute atomic E-state index is 12.3. The van der Waals surface area contributed by atoms with Gasteiger partial charge in [-0.1, -0.05) is 47.6 Å². The summed E-state index contributed by atoms with van der Waals surface area (Å²) in [6.45, 7) is 6.00. The Balaban J connectivity index is 1.64. The maximum Gasteiger partial charge on any atom is 0.230 e. The summed E-state index contributed by atoms with van der Waals surface area (Å²) in [6, 6.07) is 13.3. The fraction of sp³-hybridized carbons (Fsp3) is 0.263. The van der Waals surface area contributed by atoms with Crippen molar-refractivity contribution in [1.82, 2.24) is 25.5 Å². The van der Waals surface area contributed by atoms with Crippen molar-refractivity contribution in [2.24, 2.45) is 0 Å². The van der Waals surface area contributed by atoms with Crippen LogP contribution in [0.4, 0.5) is 0 Å². The Hall–Kier alpha value is -2.38. The number of thioether (sulfide) groups is 1. The molecule has 8 heteroatoms. The monoisotopic (exact) mass is 401 g/mol. The van der Waals surface area contributed by atoms with Gasteiger partial charge in [0.2, 0.25) is 11.1 Å². The number of benzene rings is 2. The van der Waals surface area contributed by atoms with E-state index < -0.39 is 0 Å². The van der Waals surface area contributed by atoms with E-state index >= 15 is 0 Å². The van der Waals surface area contributed by atoms with Gasteiger partial charge in [-0.3, -0.25) is 4.79 Å². The molecule has 0 saturated carbocycles. The number of aryl methyl sites for hydroxylation is 2. The molecule has 1 heterocycles. The van der Waals surface area contributed by atoms with E-state index in [9.17, 15) is 4.79 Å². The second-order valence-electron chi connectivity index (χ2n) is 6.24. The third-order valence-corrected chi connectivity index (χ3v) is 5.52. The van der Waals surface area contributed by atoms with Gasteiger partial charge in [0.25, 0.3) is 0 Å². The molecule has 140 valence electrons. The van der Waals surface area contributed by atoms with Crippen LogP contribution in [0.3, 0.4) is 0 Å². The fourth-order valence-corrected chi connectivity index (χ4v) is 3.61. The molecule has 6 nitrogen and oxygen atoms in total. The zero-order valence-corrected chi connectivity index (χ0v) is 16.9. The molecule has 1 amide bonds. The number of nitrogens with zero attached hydrogens (tertiary/aromatic N) is 4. The molecule has 0 radical (unpaired) electrons. The maximum atomic E-state index is 12.3. The van der Waals surface area contributed by atoms with Gasteiger partial charge in [-0.25, -0.2) is 0 Å². The summed E-state index contributed by atoms with van der Waals surface area (Å²) < 4.78 is 1.64. The summed E-state index contributed by atoms with van der Waals surface area (Å²) in [7, 11) is 0. The van der Waals surface area contributed by atoms with Gasteiger partial charge in [-0.15, -0.1) is 5.10 Å². The molecular formula is C19H20ClN5OS. The Labute approximate surface area is 167 Å². The second kappa shape index (κ2) is 8.54. The lowest BCUT2D eigenvalue weighted by Gasteiger charge is -2.15. The van der Waals surface area contributed by atoms with Gasteiger partial charge in [0.15, 0.2) is 0 Å². The molecule has 0 aliphatic carbocycles. The molecule has 0 aliphatic heterocycles. The lowest BCUT2D eigenvalue weighted by molar-refractivity contribution is -0.119. The van der Waals surface area contributed by atoms with Crippen LogP contribution in [-0.2, 0) is 4.79 Å². The van der Waals surface area contributed by atoms with E-state index in [1.54, 1.807) is 4.68 Å². The van der Waals surface area contributed by atoms with E-state index in [0.717, 1.165) is 16.8 Å². The van der Waals surface area contributed by atoms with Crippen LogP contribution in [0, 0.1) is 13.8 Å². The standard InChI is InChI=1S/C19H20ClN5OS/c1-12-8-9-15(10-13(12)2)25-19(22-23-24-25)27-11-18(26)21-14(3)16-6-4-5-7-17(16)20/h4-10,14H,11H2,1-3H3,(H,21,26). The van der Waals surface area contributed by atoms with Crippen LogP contribution in [-0.4, -0.2) is 31.9 Å². The predicted octanol–water partition coefficient (Wildman–Crippen LogP) is 3.90. The van der Waals surface area contributed by atoms with E-state index in [0.29, 0.717) is 10.2 Å². The minimum Gasteiger partial charge on any atom is -0.349 e. The smallest absolute Gasteiger partial charge is 0.230 e. The Kier molecular flexibility index (Phi) is 6.13. The van der Waals surface area contributed by atoms with Crippen LogP contribution in [0.25, 0.3) is 5.69 Å². The highest BCUT2D eigenvalue weighted by molar-refractivity contribution is 7.99. The SMILES string of the molecule is Cc1ccc(-n2nnnc2SCC(=O)NC(C)c2ccccc2Cl)cc1C. The molecule has 0 aliphatic rings. The Morgan fingerprint density at radius 1 is 1.22 bits per heavy atom. The van der Waals surface area contributed by atoms with Crippen molar-refractivity contribution in [2.75, 3.05) is 5.75 Å². The van der Waals surface area contributed by atoms with Crippen LogP contribution in [0.5, 0.6) is 0 Å². The second-order valence-corrected chi connectivity index (χ2v) is 7.59. The van der Waals surface area contributed by atoms with Crippen LogP contribution in [0.2, 0.25) is 5.02 Å². The van der Waals surface area contributed by atoms with Crippen molar-refractivity contribution in [3.63, 3.8) is 0 Å². The van der Waals surface area contributed by atoms with Crippen LogP contribution in [0.15, 0.2) is 47.6 Å². The molecule has 2 aromatic carbocycles. The van der Waals surface area contributed by atoms with Crippen molar-refractivity contribution in [3.05, 3.63) is 64.2 Å². The highest BCUT2D eigenvalue weighted by Gasteiger charge is 2.15. The number of amides is 1. The largest absolute Gasteiger partial charge is 0.349 e. The number of hydrogen-bond acceptors (Lipinski definition) is 5. The molecule has 1 aromatic heterocycles. The average Bonchev–Trinajstić information content (AvgIpc) is 3.11. The molecule has 0 saturated heterocycles. The van der Waals surface area contributed by atoms with Crippen molar-refractivity contribution >= 4 is 29.3 Å². The Morgan fingerprint density at radius 3 is 2.74 bits per heavy atom. The van der Waals surface area contributed by atoms with Gasteiger partial charge in [-0.05, 0) is 66.1 Å². The number of carbonyl (C=O) groups is 1.